The van der Waals surface area contributed by atoms with E-state index < -0.39 is 0 Å². The number of hydrogen-bond donors (Lipinski definition) is 1. The van der Waals surface area contributed by atoms with Crippen LogP contribution in [-0.4, -0.2) is 36.1 Å². The van der Waals surface area contributed by atoms with Crippen molar-refractivity contribution < 1.29 is 0 Å². The molecule has 3 rings (SSSR count). The van der Waals surface area contributed by atoms with Gasteiger partial charge in [-0.15, -0.1) is 0 Å². The number of rotatable bonds is 1. The maximum Gasteiger partial charge on any atom is 0.0264 e. The Kier molecular flexibility index (Phi) is 2.50. The number of likely N-dealkylation sites (tertiary alicyclic amines) is 1. The summed E-state index contributed by atoms with van der Waals surface area (Å²) in [5, 5.41) is 3.67. The molecule has 14 heavy (non-hydrogen) atoms. The van der Waals surface area contributed by atoms with Crippen LogP contribution in [0.2, 0.25) is 0 Å². The Morgan fingerprint density at radius 2 is 1.79 bits per heavy atom. The van der Waals surface area contributed by atoms with Crippen molar-refractivity contribution in [3.63, 3.8) is 0 Å². The average Bonchev–Trinajstić information content (AvgIpc) is 2.88. The molecule has 1 aliphatic carbocycles. The molecule has 3 aliphatic rings. The molecule has 2 heterocycles. The molecule has 2 saturated heterocycles. The SMILES string of the molecule is C1CCC(N2CCCC3NCCC32)C1. The van der Waals surface area contributed by atoms with Gasteiger partial charge in [-0.3, -0.25) is 4.90 Å². The fourth-order valence-corrected chi connectivity index (χ4v) is 3.79. The zero-order valence-corrected chi connectivity index (χ0v) is 9.04. The molecule has 80 valence electrons. The first-order valence-electron chi connectivity index (χ1n) is 6.44. The van der Waals surface area contributed by atoms with Crippen LogP contribution in [0.3, 0.4) is 0 Å². The van der Waals surface area contributed by atoms with E-state index in [9.17, 15) is 0 Å². The predicted octanol–water partition coefficient (Wildman–Crippen LogP) is 1.76. The van der Waals surface area contributed by atoms with Crippen LogP contribution in [0, 0.1) is 0 Å². The summed E-state index contributed by atoms with van der Waals surface area (Å²) in [6.07, 6.45) is 10.2. The molecule has 0 amide bonds. The molecule has 1 N–H and O–H groups in total. The summed E-state index contributed by atoms with van der Waals surface area (Å²) in [6, 6.07) is 2.68. The highest BCUT2D eigenvalue weighted by Gasteiger charge is 2.38. The Labute approximate surface area is 87.0 Å². The van der Waals surface area contributed by atoms with Gasteiger partial charge < -0.3 is 5.32 Å². The summed E-state index contributed by atoms with van der Waals surface area (Å²) in [5.41, 5.74) is 0. The maximum atomic E-state index is 3.67. The number of hydrogen-bond acceptors (Lipinski definition) is 2. The molecule has 2 atom stereocenters. The van der Waals surface area contributed by atoms with Gasteiger partial charge in [0.15, 0.2) is 0 Å². The third-order valence-corrected chi connectivity index (χ3v) is 4.46. The minimum atomic E-state index is 0.837. The molecule has 3 fully saturated rings. The Hall–Kier alpha value is -0.0800. The van der Waals surface area contributed by atoms with Gasteiger partial charge in [0.05, 0.1) is 0 Å². The third kappa shape index (κ3) is 1.49. The molecule has 0 radical (unpaired) electrons. The molecule has 2 heteroatoms. The first-order valence-corrected chi connectivity index (χ1v) is 6.44. The highest BCUT2D eigenvalue weighted by molar-refractivity contribution is 4.97. The zero-order valence-electron chi connectivity index (χ0n) is 9.04. The fraction of sp³-hybridized carbons (Fsp3) is 1.00. The molecule has 0 bridgehead atoms. The van der Waals surface area contributed by atoms with Gasteiger partial charge in [0.25, 0.3) is 0 Å². The number of nitrogens with zero attached hydrogens (tertiary/aromatic N) is 1. The molecule has 2 aliphatic heterocycles. The van der Waals surface area contributed by atoms with Crippen LogP contribution in [0.5, 0.6) is 0 Å². The summed E-state index contributed by atoms with van der Waals surface area (Å²) in [7, 11) is 0. The molecule has 0 aromatic carbocycles. The second-order valence-electron chi connectivity index (χ2n) is 5.23. The second-order valence-corrected chi connectivity index (χ2v) is 5.23. The van der Waals surface area contributed by atoms with Crippen molar-refractivity contribution in [1.82, 2.24) is 10.2 Å². The number of fused-ring (bicyclic) bond motifs is 1. The summed E-state index contributed by atoms with van der Waals surface area (Å²) < 4.78 is 0. The fourth-order valence-electron chi connectivity index (χ4n) is 3.79. The van der Waals surface area contributed by atoms with E-state index in [0.717, 1.165) is 18.1 Å². The lowest BCUT2D eigenvalue weighted by atomic mass is 9.95. The molecule has 0 spiro atoms. The Bertz CT molecular complexity index is 198. The third-order valence-electron chi connectivity index (χ3n) is 4.46. The molecule has 1 saturated carbocycles. The van der Waals surface area contributed by atoms with Crippen LogP contribution in [0.1, 0.15) is 44.9 Å². The van der Waals surface area contributed by atoms with Crippen molar-refractivity contribution in [1.29, 1.82) is 0 Å². The Balaban J connectivity index is 1.70. The summed E-state index contributed by atoms with van der Waals surface area (Å²) >= 11 is 0. The molecule has 2 nitrogen and oxygen atoms in total. The van der Waals surface area contributed by atoms with Gasteiger partial charge >= 0.3 is 0 Å². The van der Waals surface area contributed by atoms with Crippen molar-refractivity contribution in [2.45, 2.75) is 63.1 Å². The molecular weight excluding hydrogens is 172 g/mol. The standard InChI is InChI=1S/C12H22N2/c1-2-5-10(4-1)14-9-3-6-11-12(14)7-8-13-11/h10-13H,1-9H2. The van der Waals surface area contributed by atoms with Crippen LogP contribution in [-0.2, 0) is 0 Å². The van der Waals surface area contributed by atoms with Gasteiger partial charge in [-0.1, -0.05) is 12.8 Å². The molecule has 2 unspecified atom stereocenters. The van der Waals surface area contributed by atoms with Gasteiger partial charge in [0, 0.05) is 18.1 Å². The molecule has 0 aromatic heterocycles. The normalized spacial score (nSPS) is 40.3. The minimum absolute atomic E-state index is 0.837. The topological polar surface area (TPSA) is 15.3 Å². The van der Waals surface area contributed by atoms with Crippen molar-refractivity contribution in [3.05, 3.63) is 0 Å². The zero-order chi connectivity index (χ0) is 9.38. The average molecular weight is 194 g/mol. The quantitative estimate of drug-likeness (QED) is 0.684. The summed E-state index contributed by atoms with van der Waals surface area (Å²) in [5.74, 6) is 0. The van der Waals surface area contributed by atoms with Crippen LogP contribution < -0.4 is 5.32 Å². The smallest absolute Gasteiger partial charge is 0.0264 e. The van der Waals surface area contributed by atoms with Gasteiger partial charge in [0.2, 0.25) is 0 Å². The lowest BCUT2D eigenvalue weighted by Gasteiger charge is -2.41. The first kappa shape index (κ1) is 9.17. The highest BCUT2D eigenvalue weighted by Crippen LogP contribution is 2.32. The predicted molar refractivity (Wildman–Crippen MR) is 58.4 cm³/mol. The lowest BCUT2D eigenvalue weighted by molar-refractivity contribution is 0.0904. The van der Waals surface area contributed by atoms with Crippen molar-refractivity contribution in [3.8, 4) is 0 Å². The highest BCUT2D eigenvalue weighted by atomic mass is 15.2. The van der Waals surface area contributed by atoms with E-state index in [1.54, 1.807) is 0 Å². The van der Waals surface area contributed by atoms with E-state index in [-0.39, 0.29) is 0 Å². The van der Waals surface area contributed by atoms with E-state index in [1.807, 2.05) is 0 Å². The largest absolute Gasteiger partial charge is 0.312 e. The van der Waals surface area contributed by atoms with E-state index in [0.29, 0.717) is 0 Å². The van der Waals surface area contributed by atoms with Crippen LogP contribution in [0.4, 0.5) is 0 Å². The van der Waals surface area contributed by atoms with Crippen molar-refractivity contribution in [2.75, 3.05) is 13.1 Å². The van der Waals surface area contributed by atoms with Gasteiger partial charge in [-0.25, -0.2) is 0 Å². The van der Waals surface area contributed by atoms with Crippen LogP contribution in [0.15, 0.2) is 0 Å². The minimum Gasteiger partial charge on any atom is -0.312 e. The van der Waals surface area contributed by atoms with Gasteiger partial charge in [-0.05, 0) is 45.2 Å². The van der Waals surface area contributed by atoms with E-state index in [1.165, 1.54) is 58.0 Å². The second kappa shape index (κ2) is 3.82. The number of nitrogens with one attached hydrogen (secondary N) is 1. The summed E-state index contributed by atoms with van der Waals surface area (Å²) in [6.45, 7) is 2.64. The van der Waals surface area contributed by atoms with E-state index >= 15 is 0 Å². The van der Waals surface area contributed by atoms with Gasteiger partial charge in [0.1, 0.15) is 0 Å². The van der Waals surface area contributed by atoms with E-state index in [2.05, 4.69) is 10.2 Å². The van der Waals surface area contributed by atoms with Crippen molar-refractivity contribution in [2.24, 2.45) is 0 Å². The first-order chi connectivity index (χ1) is 6.95. The maximum absolute atomic E-state index is 3.67. The monoisotopic (exact) mass is 194 g/mol. The van der Waals surface area contributed by atoms with Crippen LogP contribution >= 0.6 is 0 Å². The van der Waals surface area contributed by atoms with E-state index in [4.69, 9.17) is 0 Å². The summed E-state index contributed by atoms with van der Waals surface area (Å²) in [4.78, 5) is 2.85. The lowest BCUT2D eigenvalue weighted by Crippen LogP contribution is -2.51. The number of piperidine rings is 1. The molecular formula is C12H22N2. The Morgan fingerprint density at radius 1 is 0.929 bits per heavy atom. The Morgan fingerprint density at radius 3 is 2.64 bits per heavy atom. The van der Waals surface area contributed by atoms with Crippen molar-refractivity contribution >= 4 is 0 Å². The van der Waals surface area contributed by atoms with Gasteiger partial charge in [-0.2, -0.15) is 0 Å². The van der Waals surface area contributed by atoms with Crippen LogP contribution in [0.25, 0.3) is 0 Å². The molecule has 0 aromatic rings.